The van der Waals surface area contributed by atoms with Crippen LogP contribution in [0.2, 0.25) is 0 Å². The van der Waals surface area contributed by atoms with Gasteiger partial charge in [-0.2, -0.15) is 0 Å². The summed E-state index contributed by atoms with van der Waals surface area (Å²) in [5.74, 6) is -0.333. The van der Waals surface area contributed by atoms with Crippen molar-refractivity contribution in [3.8, 4) is 0 Å². The highest BCUT2D eigenvalue weighted by Gasteiger charge is 2.44. The predicted octanol–water partition coefficient (Wildman–Crippen LogP) is 0.727. The van der Waals surface area contributed by atoms with Crippen molar-refractivity contribution in [3.63, 3.8) is 0 Å². The van der Waals surface area contributed by atoms with Gasteiger partial charge in [0, 0.05) is 5.69 Å². The van der Waals surface area contributed by atoms with E-state index in [0.717, 1.165) is 16.7 Å². The van der Waals surface area contributed by atoms with Crippen LogP contribution in [0.1, 0.15) is 10.4 Å². The predicted molar refractivity (Wildman–Crippen MR) is 115 cm³/mol. The minimum absolute atomic E-state index is 0. The summed E-state index contributed by atoms with van der Waals surface area (Å²) in [6.45, 7) is 1.27. The molecular formula is C23H27BrN2O2S. The first kappa shape index (κ1) is 23.3. The molecule has 0 bridgehead atoms. The third-order valence-electron chi connectivity index (χ3n) is 4.69. The molecule has 1 N–H and O–H groups in total. The third-order valence-corrected chi connectivity index (χ3v) is 5.66. The van der Waals surface area contributed by atoms with Gasteiger partial charge in [-0.3, -0.25) is 4.79 Å². The van der Waals surface area contributed by atoms with Crippen LogP contribution in [-0.2, 0) is 10.4 Å². The minimum atomic E-state index is -1.73. The Morgan fingerprint density at radius 1 is 0.966 bits per heavy atom. The zero-order chi connectivity index (χ0) is 20.2. The molecule has 6 heteroatoms. The number of amides is 1. The molecule has 29 heavy (non-hydrogen) atoms. The molecule has 0 aliphatic rings. The van der Waals surface area contributed by atoms with E-state index >= 15 is 0 Å². The number of hydrogen-bond donors (Lipinski definition) is 1. The fourth-order valence-electron chi connectivity index (χ4n) is 3.09. The third kappa shape index (κ3) is 5.34. The quantitative estimate of drug-likeness (QED) is 0.512. The van der Waals surface area contributed by atoms with Crippen LogP contribution in [0.15, 0.2) is 78.2 Å². The van der Waals surface area contributed by atoms with E-state index in [-0.39, 0.29) is 22.9 Å². The largest absolute Gasteiger partial charge is 1.00 e. The first-order chi connectivity index (χ1) is 13.3. The SMILES string of the molecule is C[N+](C)(C)CCN(C(=O)C(O)(c1ccccc1)c1cccs1)c1ccccc1.[Br-]. The lowest BCUT2D eigenvalue weighted by atomic mass is 9.90. The van der Waals surface area contributed by atoms with Crippen LogP contribution in [0.5, 0.6) is 0 Å². The number of benzene rings is 2. The molecule has 1 heterocycles. The highest BCUT2D eigenvalue weighted by Crippen LogP contribution is 2.36. The van der Waals surface area contributed by atoms with Crippen LogP contribution in [0.3, 0.4) is 0 Å². The molecule has 0 spiro atoms. The number of quaternary nitrogens is 1. The number of aliphatic hydroxyl groups is 1. The monoisotopic (exact) mass is 474 g/mol. The molecule has 3 aromatic rings. The van der Waals surface area contributed by atoms with E-state index in [1.165, 1.54) is 11.3 Å². The molecule has 3 rings (SSSR count). The average Bonchev–Trinajstić information content (AvgIpc) is 3.23. The van der Waals surface area contributed by atoms with Crippen molar-refractivity contribution in [2.45, 2.75) is 5.60 Å². The van der Waals surface area contributed by atoms with Gasteiger partial charge >= 0.3 is 0 Å². The number of hydrogen-bond acceptors (Lipinski definition) is 3. The maximum atomic E-state index is 13.9. The van der Waals surface area contributed by atoms with Crippen LogP contribution >= 0.6 is 11.3 Å². The number of carbonyl (C=O) groups is 1. The number of para-hydroxylation sites is 1. The number of thiophene rings is 1. The zero-order valence-corrected chi connectivity index (χ0v) is 19.4. The molecular weight excluding hydrogens is 448 g/mol. The summed E-state index contributed by atoms with van der Waals surface area (Å²) >= 11 is 1.39. The van der Waals surface area contributed by atoms with Crippen molar-refractivity contribution < 1.29 is 31.4 Å². The second kappa shape index (κ2) is 9.67. The van der Waals surface area contributed by atoms with Gasteiger partial charge in [0.05, 0.1) is 39.1 Å². The van der Waals surface area contributed by atoms with Crippen LogP contribution in [-0.4, -0.2) is 49.7 Å². The summed E-state index contributed by atoms with van der Waals surface area (Å²) in [5.41, 5.74) is -0.364. The lowest BCUT2D eigenvalue weighted by Crippen LogP contribution is -3.00. The van der Waals surface area contributed by atoms with Crippen molar-refractivity contribution in [2.75, 3.05) is 39.1 Å². The van der Waals surface area contributed by atoms with E-state index in [9.17, 15) is 9.90 Å². The van der Waals surface area contributed by atoms with Crippen LogP contribution < -0.4 is 21.9 Å². The van der Waals surface area contributed by atoms with Crippen LogP contribution in [0.25, 0.3) is 0 Å². The van der Waals surface area contributed by atoms with E-state index in [1.807, 2.05) is 66.0 Å². The lowest BCUT2D eigenvalue weighted by molar-refractivity contribution is -0.868. The number of rotatable bonds is 7. The van der Waals surface area contributed by atoms with E-state index in [0.29, 0.717) is 17.0 Å². The normalized spacial score (nSPS) is 13.2. The summed E-state index contributed by atoms with van der Waals surface area (Å²) in [7, 11) is 6.28. The van der Waals surface area contributed by atoms with Gasteiger partial charge < -0.3 is 31.5 Å². The average molecular weight is 475 g/mol. The van der Waals surface area contributed by atoms with E-state index < -0.39 is 5.60 Å². The molecule has 1 amide bonds. The van der Waals surface area contributed by atoms with Gasteiger partial charge in [0.25, 0.3) is 5.91 Å². The smallest absolute Gasteiger partial charge is 0.269 e. The summed E-state index contributed by atoms with van der Waals surface area (Å²) in [6.07, 6.45) is 0. The number of nitrogens with zero attached hydrogens (tertiary/aromatic N) is 2. The highest BCUT2D eigenvalue weighted by molar-refractivity contribution is 7.10. The van der Waals surface area contributed by atoms with Crippen molar-refractivity contribution >= 4 is 22.9 Å². The summed E-state index contributed by atoms with van der Waals surface area (Å²) in [6, 6.07) is 22.4. The Bertz CT molecular complexity index is 896. The number of carbonyl (C=O) groups excluding carboxylic acids is 1. The summed E-state index contributed by atoms with van der Waals surface area (Å²) < 4.78 is 0.722. The number of anilines is 1. The van der Waals surface area contributed by atoms with Crippen LogP contribution in [0, 0.1) is 0 Å². The molecule has 1 atom stereocenters. The van der Waals surface area contributed by atoms with Gasteiger partial charge in [0.2, 0.25) is 5.60 Å². The maximum Gasteiger partial charge on any atom is 0.269 e. The Morgan fingerprint density at radius 3 is 2.07 bits per heavy atom. The van der Waals surface area contributed by atoms with Gasteiger partial charge in [0.1, 0.15) is 0 Å². The fourth-order valence-corrected chi connectivity index (χ4v) is 3.92. The highest BCUT2D eigenvalue weighted by atomic mass is 79.9. The molecule has 154 valence electrons. The second-order valence-corrected chi connectivity index (χ2v) is 8.81. The Kier molecular flexibility index (Phi) is 7.77. The van der Waals surface area contributed by atoms with E-state index in [2.05, 4.69) is 21.1 Å². The lowest BCUT2D eigenvalue weighted by Gasteiger charge is -2.35. The van der Waals surface area contributed by atoms with Gasteiger partial charge in [-0.05, 0) is 29.1 Å². The van der Waals surface area contributed by atoms with Crippen molar-refractivity contribution in [1.29, 1.82) is 0 Å². The topological polar surface area (TPSA) is 40.5 Å². The van der Waals surface area contributed by atoms with Crippen molar-refractivity contribution in [1.82, 2.24) is 0 Å². The molecule has 1 unspecified atom stereocenters. The molecule has 0 aliphatic heterocycles. The molecule has 2 aromatic carbocycles. The first-order valence-corrected chi connectivity index (χ1v) is 10.2. The number of halogens is 1. The van der Waals surface area contributed by atoms with Gasteiger partial charge in [-0.25, -0.2) is 0 Å². The standard InChI is InChI=1S/C23H27N2O2S.BrH/c1-25(2,3)17-16-24(20-13-8-5-9-14-20)22(26)23(27,21-15-10-18-28-21)19-11-6-4-7-12-19;/h4-15,18,27H,16-17H2,1-3H3;1H/q+1;/p-1. The van der Waals surface area contributed by atoms with Gasteiger partial charge in [-0.15, -0.1) is 11.3 Å². The molecule has 0 fully saturated rings. The van der Waals surface area contributed by atoms with E-state index in [4.69, 9.17) is 0 Å². The second-order valence-electron chi connectivity index (χ2n) is 7.86. The molecule has 0 saturated carbocycles. The summed E-state index contributed by atoms with van der Waals surface area (Å²) in [4.78, 5) is 16.2. The van der Waals surface area contributed by atoms with Crippen molar-refractivity contribution in [2.24, 2.45) is 0 Å². The zero-order valence-electron chi connectivity index (χ0n) is 17.0. The molecule has 4 nitrogen and oxygen atoms in total. The van der Waals surface area contributed by atoms with E-state index in [1.54, 1.807) is 17.0 Å². The Labute approximate surface area is 187 Å². The molecule has 0 saturated heterocycles. The van der Waals surface area contributed by atoms with Gasteiger partial charge in [0.15, 0.2) is 0 Å². The Hall–Kier alpha value is -1.99. The molecule has 0 aliphatic carbocycles. The summed E-state index contributed by atoms with van der Waals surface area (Å²) in [5, 5.41) is 13.7. The van der Waals surface area contributed by atoms with Crippen molar-refractivity contribution in [3.05, 3.63) is 88.6 Å². The Balaban J connectivity index is 0.00000300. The minimum Gasteiger partial charge on any atom is -1.00 e. The first-order valence-electron chi connectivity index (χ1n) is 9.32. The Morgan fingerprint density at radius 2 is 1.55 bits per heavy atom. The van der Waals surface area contributed by atoms with Crippen LogP contribution in [0.4, 0.5) is 5.69 Å². The van der Waals surface area contributed by atoms with Gasteiger partial charge in [-0.1, -0.05) is 54.6 Å². The fraction of sp³-hybridized carbons (Fsp3) is 0.261. The molecule has 1 aromatic heterocycles. The number of likely N-dealkylation sites (N-methyl/N-ethyl adjacent to an activating group) is 1. The maximum absolute atomic E-state index is 13.9. The molecule has 0 radical (unpaired) electrons.